The van der Waals surface area contributed by atoms with Gasteiger partial charge >= 0.3 is 0 Å². The summed E-state index contributed by atoms with van der Waals surface area (Å²) in [4.78, 5) is 32.9. The van der Waals surface area contributed by atoms with Crippen LogP contribution in [-0.4, -0.2) is 69.1 Å². The molecule has 0 unspecified atom stereocenters. The van der Waals surface area contributed by atoms with Crippen molar-refractivity contribution >= 4 is 22.7 Å². The normalized spacial score (nSPS) is 16.8. The van der Waals surface area contributed by atoms with Crippen LogP contribution in [0.2, 0.25) is 0 Å². The van der Waals surface area contributed by atoms with Crippen LogP contribution in [0.5, 0.6) is 0 Å². The molecule has 168 valence electrons. The van der Waals surface area contributed by atoms with E-state index in [9.17, 15) is 14.0 Å². The number of halogens is 1. The highest BCUT2D eigenvalue weighted by Crippen LogP contribution is 2.42. The maximum atomic E-state index is 13.5. The molecule has 2 N–H and O–H groups in total. The molecule has 8 nitrogen and oxygen atoms in total. The molecule has 9 heteroatoms. The fourth-order valence-electron chi connectivity index (χ4n) is 4.42. The van der Waals surface area contributed by atoms with Crippen LogP contribution in [0.3, 0.4) is 0 Å². The molecule has 2 amide bonds. The Balaban J connectivity index is 1.36. The fourth-order valence-corrected chi connectivity index (χ4v) is 4.42. The number of benzene rings is 1. The molecule has 3 heterocycles. The first-order valence-electron chi connectivity index (χ1n) is 10.9. The second kappa shape index (κ2) is 7.74. The van der Waals surface area contributed by atoms with E-state index in [-0.39, 0.29) is 23.2 Å². The molecule has 1 aliphatic heterocycles. The van der Waals surface area contributed by atoms with E-state index in [1.165, 1.54) is 12.1 Å². The number of fused-ring (bicyclic) bond motifs is 2. The van der Waals surface area contributed by atoms with E-state index in [1.54, 1.807) is 29.0 Å². The smallest absolute Gasteiger partial charge is 0.272 e. The third kappa shape index (κ3) is 3.46. The zero-order chi connectivity index (χ0) is 22.5. The van der Waals surface area contributed by atoms with E-state index in [0.717, 1.165) is 29.5 Å². The van der Waals surface area contributed by atoms with Crippen molar-refractivity contribution in [3.63, 3.8) is 0 Å². The highest BCUT2D eigenvalue weighted by molar-refractivity contribution is 5.99. The standard InChI is InChI=1S/C23H26FN5O3/c1-3-32-13-23(7-8-23)28(2)22(31)20-16-12-29(9-6-17(16)26-27-20)21(30)19-10-14-4-5-15(24)11-18(14)25-19/h4-5,10-11,25H,3,6-9,12-13H2,1-2H3,(H,26,27). The predicted molar refractivity (Wildman–Crippen MR) is 116 cm³/mol. The molecule has 0 atom stereocenters. The first kappa shape index (κ1) is 20.7. The van der Waals surface area contributed by atoms with Gasteiger partial charge in [-0.15, -0.1) is 0 Å². The predicted octanol–water partition coefficient (Wildman–Crippen LogP) is 2.87. The van der Waals surface area contributed by atoms with E-state index < -0.39 is 0 Å². The Bertz CT molecular complexity index is 1200. The van der Waals surface area contributed by atoms with Crippen LogP contribution in [0.4, 0.5) is 4.39 Å². The van der Waals surface area contributed by atoms with E-state index in [4.69, 9.17) is 4.74 Å². The summed E-state index contributed by atoms with van der Waals surface area (Å²) in [6.45, 7) is 3.87. The molecule has 0 spiro atoms. The molecule has 5 rings (SSSR count). The van der Waals surface area contributed by atoms with Crippen molar-refractivity contribution in [2.75, 3.05) is 26.8 Å². The number of carbonyl (C=O) groups is 2. The van der Waals surface area contributed by atoms with Crippen LogP contribution in [0.1, 0.15) is 52.0 Å². The molecule has 1 fully saturated rings. The van der Waals surface area contributed by atoms with Gasteiger partial charge in [-0.05, 0) is 44.0 Å². The van der Waals surface area contributed by atoms with Gasteiger partial charge < -0.3 is 19.5 Å². The zero-order valence-electron chi connectivity index (χ0n) is 18.2. The molecule has 3 aromatic rings. The maximum absolute atomic E-state index is 13.5. The van der Waals surface area contributed by atoms with E-state index in [0.29, 0.717) is 49.6 Å². The molecule has 2 aromatic heterocycles. The number of carbonyl (C=O) groups excluding carboxylic acids is 2. The van der Waals surface area contributed by atoms with E-state index >= 15 is 0 Å². The Hall–Kier alpha value is -3.20. The number of aromatic amines is 2. The lowest BCUT2D eigenvalue weighted by Gasteiger charge is -2.29. The minimum Gasteiger partial charge on any atom is -0.379 e. The topological polar surface area (TPSA) is 94.3 Å². The monoisotopic (exact) mass is 439 g/mol. The quantitative estimate of drug-likeness (QED) is 0.618. The Labute approximate surface area is 184 Å². The molecule has 0 bridgehead atoms. The van der Waals surface area contributed by atoms with Crippen molar-refractivity contribution in [1.82, 2.24) is 25.0 Å². The van der Waals surface area contributed by atoms with Crippen LogP contribution in [0.25, 0.3) is 10.9 Å². The highest BCUT2D eigenvalue weighted by Gasteiger charge is 2.49. The van der Waals surface area contributed by atoms with Crippen LogP contribution >= 0.6 is 0 Å². The molecule has 1 aliphatic carbocycles. The van der Waals surface area contributed by atoms with Gasteiger partial charge in [0, 0.05) is 43.1 Å². The average molecular weight is 439 g/mol. The van der Waals surface area contributed by atoms with Gasteiger partial charge in [-0.2, -0.15) is 5.10 Å². The number of nitrogens with one attached hydrogen (secondary N) is 2. The van der Waals surface area contributed by atoms with Gasteiger partial charge in [-0.25, -0.2) is 4.39 Å². The number of hydrogen-bond donors (Lipinski definition) is 2. The van der Waals surface area contributed by atoms with E-state index in [1.807, 2.05) is 6.92 Å². The van der Waals surface area contributed by atoms with Gasteiger partial charge in [0.25, 0.3) is 11.8 Å². The number of amides is 2. The maximum Gasteiger partial charge on any atom is 0.272 e. The number of ether oxygens (including phenoxy) is 1. The molecule has 2 aliphatic rings. The largest absolute Gasteiger partial charge is 0.379 e. The second-order valence-electron chi connectivity index (χ2n) is 8.64. The lowest BCUT2D eigenvalue weighted by molar-refractivity contribution is 0.0455. The molecule has 1 saturated carbocycles. The third-order valence-electron chi connectivity index (χ3n) is 6.65. The van der Waals surface area contributed by atoms with Gasteiger partial charge in [-0.3, -0.25) is 14.7 Å². The zero-order valence-corrected chi connectivity index (χ0v) is 18.2. The van der Waals surface area contributed by atoms with Gasteiger partial charge in [0.1, 0.15) is 17.2 Å². The van der Waals surface area contributed by atoms with E-state index in [2.05, 4.69) is 15.2 Å². The van der Waals surface area contributed by atoms with Crippen molar-refractivity contribution in [2.45, 2.75) is 38.3 Å². The third-order valence-corrected chi connectivity index (χ3v) is 6.65. The lowest BCUT2D eigenvalue weighted by atomic mass is 10.0. The highest BCUT2D eigenvalue weighted by atomic mass is 19.1. The van der Waals surface area contributed by atoms with Gasteiger partial charge in [-0.1, -0.05) is 0 Å². The number of nitrogens with zero attached hydrogens (tertiary/aromatic N) is 3. The Kier molecular flexibility index (Phi) is 5.00. The first-order valence-corrected chi connectivity index (χ1v) is 10.9. The lowest BCUT2D eigenvalue weighted by Crippen LogP contribution is -2.43. The van der Waals surface area contributed by atoms with Crippen molar-refractivity contribution in [3.05, 3.63) is 52.7 Å². The van der Waals surface area contributed by atoms with Crippen molar-refractivity contribution < 1.29 is 18.7 Å². The summed E-state index contributed by atoms with van der Waals surface area (Å²) < 4.78 is 19.1. The van der Waals surface area contributed by atoms with Crippen LogP contribution in [0.15, 0.2) is 24.3 Å². The summed E-state index contributed by atoms with van der Waals surface area (Å²) in [5.41, 5.74) is 2.73. The Morgan fingerprint density at radius 1 is 1.31 bits per heavy atom. The SMILES string of the molecule is CCOCC1(N(C)C(=O)c2[nH]nc3c2CN(C(=O)c2cc4ccc(F)cc4[nH]2)CC3)CC1. The Morgan fingerprint density at radius 2 is 2.12 bits per heavy atom. The minimum absolute atomic E-state index is 0.133. The number of likely N-dealkylation sites (N-methyl/N-ethyl adjacent to an activating group) is 1. The number of hydrogen-bond acceptors (Lipinski definition) is 4. The summed E-state index contributed by atoms with van der Waals surface area (Å²) in [7, 11) is 1.80. The fraction of sp³-hybridized carbons (Fsp3) is 0.435. The summed E-state index contributed by atoms with van der Waals surface area (Å²) in [6.07, 6.45) is 2.39. The van der Waals surface area contributed by atoms with Gasteiger partial charge in [0.05, 0.1) is 24.4 Å². The molecule has 0 radical (unpaired) electrons. The number of aromatic nitrogens is 3. The summed E-state index contributed by atoms with van der Waals surface area (Å²) in [5, 5.41) is 8.03. The minimum atomic E-state index is -0.357. The molecule has 0 saturated heterocycles. The summed E-state index contributed by atoms with van der Waals surface area (Å²) >= 11 is 0. The summed E-state index contributed by atoms with van der Waals surface area (Å²) in [5.74, 6) is -0.675. The second-order valence-corrected chi connectivity index (χ2v) is 8.64. The van der Waals surface area contributed by atoms with Gasteiger partial charge in [0.2, 0.25) is 0 Å². The molecular formula is C23H26FN5O3. The van der Waals surface area contributed by atoms with Crippen molar-refractivity contribution in [1.29, 1.82) is 0 Å². The average Bonchev–Trinajstić information content (AvgIpc) is 3.28. The number of H-pyrrole nitrogens is 2. The molecule has 1 aromatic carbocycles. The van der Waals surface area contributed by atoms with Crippen LogP contribution in [-0.2, 0) is 17.7 Å². The summed E-state index contributed by atoms with van der Waals surface area (Å²) in [6, 6.07) is 6.12. The van der Waals surface area contributed by atoms with Crippen molar-refractivity contribution in [3.8, 4) is 0 Å². The molecular weight excluding hydrogens is 413 g/mol. The molecule has 32 heavy (non-hydrogen) atoms. The first-order chi connectivity index (χ1) is 15.4. The number of rotatable bonds is 6. The van der Waals surface area contributed by atoms with Gasteiger partial charge in [0.15, 0.2) is 0 Å². The Morgan fingerprint density at radius 3 is 2.88 bits per heavy atom. The van der Waals surface area contributed by atoms with Crippen LogP contribution in [0, 0.1) is 5.82 Å². The van der Waals surface area contributed by atoms with Crippen molar-refractivity contribution in [2.24, 2.45) is 0 Å². The van der Waals surface area contributed by atoms with Crippen LogP contribution < -0.4 is 0 Å².